The maximum absolute atomic E-state index is 10.7. The first-order valence-electron chi connectivity index (χ1n) is 4.53. The Hall–Kier alpha value is -0.270. The van der Waals surface area contributed by atoms with Gasteiger partial charge in [0.25, 0.3) is 0 Å². The SMILES string of the molecule is O=C(O)CCCN(CP(=O)(O)O)CP(=O)(O)O. The molecule has 0 fully saturated rings. The van der Waals surface area contributed by atoms with Crippen molar-refractivity contribution in [3.8, 4) is 0 Å². The van der Waals surface area contributed by atoms with E-state index in [1.54, 1.807) is 0 Å². The molecule has 0 spiro atoms. The van der Waals surface area contributed by atoms with Crippen molar-refractivity contribution in [1.29, 1.82) is 0 Å². The normalized spacial score (nSPS) is 13.0. The van der Waals surface area contributed by atoms with Gasteiger partial charge in [0.05, 0.1) is 0 Å². The van der Waals surface area contributed by atoms with Gasteiger partial charge < -0.3 is 24.7 Å². The van der Waals surface area contributed by atoms with Gasteiger partial charge in [-0.2, -0.15) is 0 Å². The summed E-state index contributed by atoms with van der Waals surface area (Å²) in [6.45, 7) is -0.109. The van der Waals surface area contributed by atoms with E-state index in [0.29, 0.717) is 0 Å². The number of hydrogen-bond acceptors (Lipinski definition) is 4. The fourth-order valence-electron chi connectivity index (χ4n) is 1.16. The van der Waals surface area contributed by atoms with Crippen LogP contribution < -0.4 is 0 Å². The topological polar surface area (TPSA) is 156 Å². The van der Waals surface area contributed by atoms with Crippen LogP contribution in [0, 0.1) is 0 Å². The quantitative estimate of drug-likeness (QED) is 0.369. The van der Waals surface area contributed by atoms with Crippen LogP contribution in [-0.2, 0) is 13.9 Å². The summed E-state index contributed by atoms with van der Waals surface area (Å²) in [5.74, 6) is -1.09. The molecule has 11 heteroatoms. The Bertz CT molecular complexity index is 322. The van der Waals surface area contributed by atoms with E-state index in [0.717, 1.165) is 4.90 Å². The molecule has 5 N–H and O–H groups in total. The summed E-state index contributed by atoms with van der Waals surface area (Å²) in [6, 6.07) is 0. The predicted octanol–water partition coefficient (Wildman–Crippen LogP) is -0.576. The second-order valence-corrected chi connectivity index (χ2v) is 6.73. The molecule has 0 aliphatic rings. The second kappa shape index (κ2) is 6.61. The highest BCUT2D eigenvalue weighted by atomic mass is 31.2. The maximum atomic E-state index is 10.7. The summed E-state index contributed by atoms with van der Waals surface area (Å²) >= 11 is 0. The lowest BCUT2D eigenvalue weighted by atomic mass is 10.3. The minimum Gasteiger partial charge on any atom is -0.481 e. The summed E-state index contributed by atoms with van der Waals surface area (Å²) in [5, 5.41) is 8.37. The lowest BCUT2D eigenvalue weighted by Crippen LogP contribution is -2.27. The monoisotopic (exact) mass is 291 g/mol. The molecule has 17 heavy (non-hydrogen) atoms. The number of rotatable bonds is 8. The van der Waals surface area contributed by atoms with Crippen LogP contribution in [0.1, 0.15) is 12.8 Å². The van der Waals surface area contributed by atoms with Gasteiger partial charge in [-0.15, -0.1) is 0 Å². The number of aliphatic carboxylic acids is 1. The summed E-state index contributed by atoms with van der Waals surface area (Å²) in [5.41, 5.74) is 0. The van der Waals surface area contributed by atoms with Gasteiger partial charge in [-0.3, -0.25) is 18.8 Å². The first-order chi connectivity index (χ1) is 7.49. The van der Waals surface area contributed by atoms with Crippen LogP contribution in [0.5, 0.6) is 0 Å². The van der Waals surface area contributed by atoms with Gasteiger partial charge in [-0.05, 0) is 6.42 Å². The molecule has 0 saturated heterocycles. The molecular weight excluding hydrogens is 276 g/mol. The average molecular weight is 291 g/mol. The maximum Gasteiger partial charge on any atom is 0.339 e. The van der Waals surface area contributed by atoms with Crippen LogP contribution in [0.25, 0.3) is 0 Å². The molecule has 0 aliphatic carbocycles. The minimum absolute atomic E-state index is 0.0509. The first kappa shape index (κ1) is 16.7. The van der Waals surface area contributed by atoms with Crippen molar-refractivity contribution in [1.82, 2.24) is 4.90 Å². The van der Waals surface area contributed by atoms with E-state index in [1.807, 2.05) is 0 Å². The van der Waals surface area contributed by atoms with Crippen molar-refractivity contribution in [2.24, 2.45) is 0 Å². The van der Waals surface area contributed by atoms with Gasteiger partial charge in [0.15, 0.2) is 0 Å². The fourth-order valence-corrected chi connectivity index (χ4v) is 2.84. The summed E-state index contributed by atoms with van der Waals surface area (Å²) in [4.78, 5) is 45.9. The Morgan fingerprint density at radius 3 is 1.71 bits per heavy atom. The molecule has 0 aromatic heterocycles. The second-order valence-electron chi connectivity index (χ2n) is 3.50. The zero-order valence-electron chi connectivity index (χ0n) is 8.84. The lowest BCUT2D eigenvalue weighted by Gasteiger charge is -2.22. The molecule has 0 radical (unpaired) electrons. The van der Waals surface area contributed by atoms with Gasteiger partial charge >= 0.3 is 21.2 Å². The van der Waals surface area contributed by atoms with E-state index in [4.69, 9.17) is 24.7 Å². The Labute approximate surface area is 97.4 Å². The summed E-state index contributed by atoms with van der Waals surface area (Å²) in [7, 11) is -8.87. The third kappa shape index (κ3) is 12.0. The van der Waals surface area contributed by atoms with Crippen LogP contribution in [0.2, 0.25) is 0 Å². The van der Waals surface area contributed by atoms with Crippen LogP contribution in [0.3, 0.4) is 0 Å². The zero-order valence-corrected chi connectivity index (χ0v) is 10.6. The smallest absolute Gasteiger partial charge is 0.339 e. The zero-order chi connectivity index (χ0) is 13.7. The Morgan fingerprint density at radius 1 is 1.00 bits per heavy atom. The molecular formula is C6H15NO8P2. The standard InChI is InChI=1S/C6H15NO8P2/c8-6(9)2-1-3-7(4-16(10,11)12)5-17(13,14)15/h1-5H2,(H,8,9)(H2,10,11,12)(H2,13,14,15). The number of carboxylic acid groups (broad SMARTS) is 1. The van der Waals surface area contributed by atoms with Crippen molar-refractivity contribution in [2.75, 3.05) is 19.1 Å². The Morgan fingerprint density at radius 2 is 1.41 bits per heavy atom. The minimum atomic E-state index is -4.44. The molecule has 0 bridgehead atoms. The van der Waals surface area contributed by atoms with Crippen LogP contribution >= 0.6 is 15.2 Å². The lowest BCUT2D eigenvalue weighted by molar-refractivity contribution is -0.137. The first-order valence-corrected chi connectivity index (χ1v) is 8.12. The van der Waals surface area contributed by atoms with Gasteiger partial charge in [-0.25, -0.2) is 0 Å². The highest BCUT2D eigenvalue weighted by Gasteiger charge is 2.25. The summed E-state index contributed by atoms with van der Waals surface area (Å²) < 4.78 is 21.4. The van der Waals surface area contributed by atoms with E-state index in [2.05, 4.69) is 0 Å². The fraction of sp³-hybridized carbons (Fsp3) is 0.833. The third-order valence-electron chi connectivity index (χ3n) is 1.63. The van der Waals surface area contributed by atoms with Gasteiger partial charge in [0.2, 0.25) is 0 Å². The van der Waals surface area contributed by atoms with Gasteiger partial charge in [-0.1, -0.05) is 0 Å². The molecule has 0 amide bonds. The molecule has 102 valence electrons. The van der Waals surface area contributed by atoms with Crippen molar-refractivity contribution in [3.05, 3.63) is 0 Å². The highest BCUT2D eigenvalue weighted by Crippen LogP contribution is 2.40. The molecule has 0 aliphatic heterocycles. The molecule has 0 aromatic carbocycles. The van der Waals surface area contributed by atoms with E-state index >= 15 is 0 Å². The van der Waals surface area contributed by atoms with Crippen LogP contribution in [-0.4, -0.2) is 54.7 Å². The van der Waals surface area contributed by atoms with Gasteiger partial charge in [0.1, 0.15) is 12.6 Å². The average Bonchev–Trinajstić information content (AvgIpc) is 1.95. The van der Waals surface area contributed by atoms with Crippen molar-refractivity contribution in [2.45, 2.75) is 12.8 Å². The molecule has 9 nitrogen and oxygen atoms in total. The number of carbonyl (C=O) groups is 1. The Balaban J connectivity index is 4.36. The molecule has 0 rings (SSSR count). The molecule has 0 heterocycles. The molecule has 0 unspecified atom stereocenters. The van der Waals surface area contributed by atoms with Crippen molar-refractivity contribution in [3.63, 3.8) is 0 Å². The number of carboxylic acids is 1. The predicted molar refractivity (Wildman–Crippen MR) is 57.4 cm³/mol. The molecule has 0 aromatic rings. The van der Waals surface area contributed by atoms with E-state index in [9.17, 15) is 13.9 Å². The highest BCUT2D eigenvalue weighted by molar-refractivity contribution is 7.52. The summed E-state index contributed by atoms with van der Waals surface area (Å²) in [6.07, 6.45) is -1.80. The van der Waals surface area contributed by atoms with E-state index < -0.39 is 33.7 Å². The van der Waals surface area contributed by atoms with Crippen LogP contribution in [0.15, 0.2) is 0 Å². The van der Waals surface area contributed by atoms with Crippen molar-refractivity contribution >= 4 is 21.2 Å². The number of nitrogens with zero attached hydrogens (tertiary/aromatic N) is 1. The Kier molecular flexibility index (Phi) is 6.50. The van der Waals surface area contributed by atoms with E-state index in [-0.39, 0.29) is 19.4 Å². The molecule has 0 saturated carbocycles. The number of hydrogen-bond donors (Lipinski definition) is 5. The third-order valence-corrected chi connectivity index (χ3v) is 3.17. The van der Waals surface area contributed by atoms with Crippen molar-refractivity contribution < 1.29 is 38.6 Å². The van der Waals surface area contributed by atoms with Crippen LogP contribution in [0.4, 0.5) is 0 Å². The largest absolute Gasteiger partial charge is 0.481 e. The van der Waals surface area contributed by atoms with Gasteiger partial charge in [0, 0.05) is 13.0 Å². The molecule has 0 atom stereocenters. The van der Waals surface area contributed by atoms with E-state index in [1.165, 1.54) is 0 Å².